The van der Waals surface area contributed by atoms with Crippen molar-refractivity contribution in [3.05, 3.63) is 0 Å². The Kier molecular flexibility index (Phi) is 4.44. The molecular formula is C11H16F3NO4. The van der Waals surface area contributed by atoms with Crippen LogP contribution in [0.2, 0.25) is 0 Å². The molecule has 0 aromatic rings. The lowest BCUT2D eigenvalue weighted by Crippen LogP contribution is -2.53. The van der Waals surface area contributed by atoms with Gasteiger partial charge in [-0.1, -0.05) is 0 Å². The van der Waals surface area contributed by atoms with Crippen molar-refractivity contribution in [1.29, 1.82) is 0 Å². The molecule has 1 atom stereocenters. The third-order valence-electron chi connectivity index (χ3n) is 3.31. The molecule has 0 bridgehead atoms. The van der Waals surface area contributed by atoms with E-state index in [0.717, 1.165) is 11.9 Å². The second kappa shape index (κ2) is 5.36. The van der Waals surface area contributed by atoms with Gasteiger partial charge in [-0.3, -0.25) is 14.5 Å². The van der Waals surface area contributed by atoms with Crippen molar-refractivity contribution in [2.75, 3.05) is 13.7 Å². The molecule has 1 saturated carbocycles. The molecule has 0 heterocycles. The van der Waals surface area contributed by atoms with Gasteiger partial charge in [-0.15, -0.1) is 0 Å². The Morgan fingerprint density at radius 3 is 2.26 bits per heavy atom. The normalized spacial score (nSPS) is 19.1. The third kappa shape index (κ3) is 3.37. The summed E-state index contributed by atoms with van der Waals surface area (Å²) >= 11 is 0. The number of rotatable bonds is 6. The largest absolute Gasteiger partial charge is 0.480 e. The van der Waals surface area contributed by atoms with Gasteiger partial charge in [0.15, 0.2) is 0 Å². The number of ether oxygens (including phenoxy) is 1. The first kappa shape index (κ1) is 15.7. The first-order valence-corrected chi connectivity index (χ1v) is 5.84. The second-order valence-corrected chi connectivity index (χ2v) is 4.51. The van der Waals surface area contributed by atoms with Crippen molar-refractivity contribution in [1.82, 2.24) is 4.90 Å². The van der Waals surface area contributed by atoms with E-state index in [4.69, 9.17) is 5.11 Å². The Balaban J connectivity index is 2.86. The average molecular weight is 283 g/mol. The van der Waals surface area contributed by atoms with Gasteiger partial charge in [0.25, 0.3) is 0 Å². The van der Waals surface area contributed by atoms with E-state index in [0.29, 0.717) is 0 Å². The fourth-order valence-corrected chi connectivity index (χ4v) is 1.98. The molecule has 0 aromatic carbocycles. The summed E-state index contributed by atoms with van der Waals surface area (Å²) in [4.78, 5) is 23.0. The molecule has 1 N–H and O–H groups in total. The predicted octanol–water partition coefficient (Wildman–Crippen LogP) is 1.42. The van der Waals surface area contributed by atoms with Gasteiger partial charge >= 0.3 is 18.1 Å². The number of esters is 1. The molecule has 1 aliphatic carbocycles. The zero-order valence-corrected chi connectivity index (χ0v) is 10.7. The minimum atomic E-state index is -4.69. The van der Waals surface area contributed by atoms with Crippen LogP contribution < -0.4 is 0 Å². The second-order valence-electron chi connectivity index (χ2n) is 4.51. The SMILES string of the molecule is CCOC(=O)CC(N(C)C1(C(=O)O)CC1)C(F)(F)F. The molecule has 0 spiro atoms. The molecule has 1 fully saturated rings. The molecule has 110 valence electrons. The molecule has 0 aliphatic heterocycles. The number of carboxylic acid groups (broad SMARTS) is 1. The van der Waals surface area contributed by atoms with Crippen molar-refractivity contribution >= 4 is 11.9 Å². The Morgan fingerprint density at radius 2 is 1.95 bits per heavy atom. The maximum absolute atomic E-state index is 13.0. The van der Waals surface area contributed by atoms with E-state index in [2.05, 4.69) is 4.74 Å². The minimum Gasteiger partial charge on any atom is -0.480 e. The van der Waals surface area contributed by atoms with E-state index >= 15 is 0 Å². The third-order valence-corrected chi connectivity index (χ3v) is 3.31. The highest BCUT2D eigenvalue weighted by Gasteiger charge is 2.60. The molecule has 0 amide bonds. The van der Waals surface area contributed by atoms with Gasteiger partial charge in [-0.05, 0) is 26.8 Å². The van der Waals surface area contributed by atoms with Crippen molar-refractivity contribution in [2.24, 2.45) is 0 Å². The fraction of sp³-hybridized carbons (Fsp3) is 0.818. The van der Waals surface area contributed by atoms with Crippen LogP contribution >= 0.6 is 0 Å². The lowest BCUT2D eigenvalue weighted by atomic mass is 10.1. The van der Waals surface area contributed by atoms with Crippen LogP contribution in [0.15, 0.2) is 0 Å². The average Bonchev–Trinajstić information content (AvgIpc) is 3.04. The topological polar surface area (TPSA) is 66.8 Å². The Bertz CT molecular complexity index is 365. The highest BCUT2D eigenvalue weighted by atomic mass is 19.4. The number of carbonyl (C=O) groups is 2. The van der Waals surface area contributed by atoms with Gasteiger partial charge < -0.3 is 9.84 Å². The number of alkyl halides is 3. The summed E-state index contributed by atoms with van der Waals surface area (Å²) < 4.78 is 43.3. The van der Waals surface area contributed by atoms with Gasteiger partial charge in [-0.2, -0.15) is 13.2 Å². The Morgan fingerprint density at radius 1 is 1.42 bits per heavy atom. The summed E-state index contributed by atoms with van der Waals surface area (Å²) in [6.45, 7) is 1.47. The molecule has 0 saturated heterocycles. The number of nitrogens with zero attached hydrogens (tertiary/aromatic N) is 1. The van der Waals surface area contributed by atoms with Crippen molar-refractivity contribution < 1.29 is 32.6 Å². The molecule has 1 unspecified atom stereocenters. The van der Waals surface area contributed by atoms with E-state index < -0.39 is 36.1 Å². The molecule has 5 nitrogen and oxygen atoms in total. The van der Waals surface area contributed by atoms with E-state index in [9.17, 15) is 22.8 Å². The highest BCUT2D eigenvalue weighted by Crippen LogP contribution is 2.45. The van der Waals surface area contributed by atoms with Gasteiger partial charge in [0, 0.05) is 0 Å². The summed E-state index contributed by atoms with van der Waals surface area (Å²) in [6, 6.07) is -2.15. The van der Waals surface area contributed by atoms with Crippen LogP contribution in [-0.4, -0.2) is 53.4 Å². The van der Waals surface area contributed by atoms with Crippen LogP contribution in [0.5, 0.6) is 0 Å². The quantitative estimate of drug-likeness (QED) is 0.747. The van der Waals surface area contributed by atoms with Crippen molar-refractivity contribution in [3.63, 3.8) is 0 Å². The standard InChI is InChI=1S/C11H16F3NO4/c1-3-19-8(16)6-7(11(12,13)14)15(2)10(4-5-10)9(17)18/h7H,3-6H2,1-2H3,(H,17,18). The van der Waals surface area contributed by atoms with Crippen molar-refractivity contribution in [3.8, 4) is 0 Å². The number of hydrogen-bond acceptors (Lipinski definition) is 4. The van der Waals surface area contributed by atoms with Crippen LogP contribution in [0.25, 0.3) is 0 Å². The molecule has 1 aliphatic rings. The number of likely N-dealkylation sites (N-methyl/N-ethyl adjacent to an activating group) is 1. The molecule has 0 radical (unpaired) electrons. The summed E-state index contributed by atoms with van der Waals surface area (Å²) in [5, 5.41) is 9.00. The maximum Gasteiger partial charge on any atom is 0.404 e. The zero-order chi connectivity index (χ0) is 14.8. The van der Waals surface area contributed by atoms with Crippen molar-refractivity contribution in [2.45, 2.75) is 43.9 Å². The number of aliphatic carboxylic acids is 1. The molecule has 19 heavy (non-hydrogen) atoms. The van der Waals surface area contributed by atoms with Gasteiger partial charge in [0.05, 0.1) is 13.0 Å². The van der Waals surface area contributed by atoms with Crippen LogP contribution in [0.4, 0.5) is 13.2 Å². The van der Waals surface area contributed by atoms with Crippen LogP contribution in [0.3, 0.4) is 0 Å². The summed E-state index contributed by atoms with van der Waals surface area (Å²) in [5.74, 6) is -2.29. The number of hydrogen-bond donors (Lipinski definition) is 1. The van der Waals surface area contributed by atoms with E-state index in [1.165, 1.54) is 6.92 Å². The number of halogens is 3. The summed E-state index contributed by atoms with van der Waals surface area (Å²) in [5.41, 5.74) is -1.51. The number of carboxylic acids is 1. The fourth-order valence-electron chi connectivity index (χ4n) is 1.98. The Labute approximate surface area is 108 Å². The van der Waals surface area contributed by atoms with E-state index in [1.54, 1.807) is 0 Å². The molecule has 0 aromatic heterocycles. The van der Waals surface area contributed by atoms with Gasteiger partial charge in [0.1, 0.15) is 11.6 Å². The predicted molar refractivity (Wildman–Crippen MR) is 58.5 cm³/mol. The molecule has 1 rings (SSSR count). The first-order chi connectivity index (χ1) is 8.65. The zero-order valence-electron chi connectivity index (χ0n) is 10.7. The van der Waals surface area contributed by atoms with Gasteiger partial charge in [0.2, 0.25) is 0 Å². The lowest BCUT2D eigenvalue weighted by Gasteiger charge is -2.33. The first-order valence-electron chi connectivity index (χ1n) is 5.84. The summed E-state index contributed by atoms with van der Waals surface area (Å²) in [6.07, 6.45) is -5.29. The molecule has 8 heteroatoms. The lowest BCUT2D eigenvalue weighted by molar-refractivity contribution is -0.198. The van der Waals surface area contributed by atoms with Crippen LogP contribution in [0.1, 0.15) is 26.2 Å². The number of carbonyl (C=O) groups excluding carboxylic acids is 1. The smallest absolute Gasteiger partial charge is 0.404 e. The molecular weight excluding hydrogens is 267 g/mol. The Hall–Kier alpha value is -1.31. The monoisotopic (exact) mass is 283 g/mol. The summed E-state index contributed by atoms with van der Waals surface area (Å²) in [7, 11) is 1.08. The van der Waals surface area contributed by atoms with Crippen LogP contribution in [-0.2, 0) is 14.3 Å². The van der Waals surface area contributed by atoms with E-state index in [-0.39, 0.29) is 19.4 Å². The van der Waals surface area contributed by atoms with Crippen LogP contribution in [0, 0.1) is 0 Å². The minimum absolute atomic E-state index is 0.0167. The van der Waals surface area contributed by atoms with E-state index in [1.807, 2.05) is 0 Å². The maximum atomic E-state index is 13.0. The highest BCUT2D eigenvalue weighted by molar-refractivity contribution is 5.82. The van der Waals surface area contributed by atoms with Gasteiger partial charge in [-0.25, -0.2) is 0 Å².